The van der Waals surface area contributed by atoms with Gasteiger partial charge >= 0.3 is 0 Å². The van der Waals surface area contributed by atoms with E-state index in [4.69, 9.17) is 10.5 Å². The van der Waals surface area contributed by atoms with Gasteiger partial charge < -0.3 is 15.8 Å². The first kappa shape index (κ1) is 15.4. The first-order chi connectivity index (χ1) is 9.97. The number of carbonyl (C=O) groups excluding carboxylic acids is 1. The highest BCUT2D eigenvalue weighted by Gasteiger charge is 2.08. The lowest BCUT2D eigenvalue weighted by molar-refractivity contribution is -0.118. The van der Waals surface area contributed by atoms with Crippen molar-refractivity contribution in [2.24, 2.45) is 0 Å². The molecule has 21 heavy (non-hydrogen) atoms. The fraction of sp³-hybridized carbons (Fsp3) is 0.188. The fourth-order valence-corrected chi connectivity index (χ4v) is 2.45. The van der Waals surface area contributed by atoms with Crippen LogP contribution >= 0.6 is 15.9 Å². The van der Waals surface area contributed by atoms with Gasteiger partial charge in [0.05, 0.1) is 4.47 Å². The Kier molecular flexibility index (Phi) is 4.85. The van der Waals surface area contributed by atoms with E-state index in [-0.39, 0.29) is 12.5 Å². The molecule has 0 saturated carbocycles. The van der Waals surface area contributed by atoms with Crippen molar-refractivity contribution in [1.82, 2.24) is 0 Å². The van der Waals surface area contributed by atoms with Gasteiger partial charge in [-0.15, -0.1) is 0 Å². The van der Waals surface area contributed by atoms with E-state index in [1.54, 1.807) is 12.1 Å². The van der Waals surface area contributed by atoms with Crippen LogP contribution in [0.3, 0.4) is 0 Å². The van der Waals surface area contributed by atoms with Crippen LogP contribution in [0.15, 0.2) is 40.9 Å². The van der Waals surface area contributed by atoms with Gasteiger partial charge in [-0.2, -0.15) is 0 Å². The molecule has 2 aromatic rings. The summed E-state index contributed by atoms with van der Waals surface area (Å²) in [5, 5.41) is 2.79. The topological polar surface area (TPSA) is 64.3 Å². The minimum atomic E-state index is -0.226. The zero-order valence-electron chi connectivity index (χ0n) is 11.9. The van der Waals surface area contributed by atoms with E-state index in [1.807, 2.05) is 38.1 Å². The molecule has 0 heterocycles. The Balaban J connectivity index is 1.97. The number of anilines is 2. The van der Waals surface area contributed by atoms with Gasteiger partial charge in [0.15, 0.2) is 6.61 Å². The highest BCUT2D eigenvalue weighted by atomic mass is 79.9. The highest BCUT2D eigenvalue weighted by Crippen LogP contribution is 2.26. The second-order valence-electron chi connectivity index (χ2n) is 4.79. The molecule has 0 aromatic heterocycles. The van der Waals surface area contributed by atoms with E-state index < -0.39 is 0 Å². The summed E-state index contributed by atoms with van der Waals surface area (Å²) >= 11 is 3.41. The Labute approximate surface area is 132 Å². The zero-order valence-corrected chi connectivity index (χ0v) is 13.5. The number of benzene rings is 2. The average Bonchev–Trinajstić information content (AvgIpc) is 2.43. The van der Waals surface area contributed by atoms with E-state index in [0.717, 1.165) is 15.6 Å². The van der Waals surface area contributed by atoms with Crippen molar-refractivity contribution in [3.8, 4) is 5.75 Å². The third-order valence-corrected chi connectivity index (χ3v) is 3.72. The number of amides is 1. The number of hydrogen-bond acceptors (Lipinski definition) is 3. The SMILES string of the molecule is Cc1ccc(OCC(=O)Nc2cccc(N)c2C)c(Br)c1. The molecular formula is C16H17BrN2O2. The Bertz CT molecular complexity index is 671. The van der Waals surface area contributed by atoms with Gasteiger partial charge in [0.2, 0.25) is 0 Å². The molecule has 0 unspecified atom stereocenters. The van der Waals surface area contributed by atoms with E-state index in [0.29, 0.717) is 17.1 Å². The molecule has 5 heteroatoms. The lowest BCUT2D eigenvalue weighted by Gasteiger charge is -2.11. The summed E-state index contributed by atoms with van der Waals surface area (Å²) in [4.78, 5) is 11.9. The van der Waals surface area contributed by atoms with Crippen molar-refractivity contribution >= 4 is 33.2 Å². The predicted molar refractivity (Wildman–Crippen MR) is 88.6 cm³/mol. The van der Waals surface area contributed by atoms with Gasteiger partial charge in [0.1, 0.15) is 5.75 Å². The number of nitrogen functional groups attached to an aromatic ring is 1. The summed E-state index contributed by atoms with van der Waals surface area (Å²) in [6.07, 6.45) is 0. The number of rotatable bonds is 4. The molecule has 0 spiro atoms. The molecule has 4 nitrogen and oxygen atoms in total. The van der Waals surface area contributed by atoms with E-state index in [1.165, 1.54) is 0 Å². The van der Waals surface area contributed by atoms with Crippen LogP contribution in [0.4, 0.5) is 11.4 Å². The largest absolute Gasteiger partial charge is 0.483 e. The predicted octanol–water partition coefficient (Wildman–Crippen LogP) is 3.67. The normalized spacial score (nSPS) is 10.2. The van der Waals surface area contributed by atoms with Crippen LogP contribution in [0.25, 0.3) is 0 Å². The van der Waals surface area contributed by atoms with Crippen LogP contribution in [-0.2, 0) is 4.79 Å². The molecule has 0 atom stereocenters. The first-order valence-electron chi connectivity index (χ1n) is 6.51. The Morgan fingerprint density at radius 1 is 1.29 bits per heavy atom. The maximum atomic E-state index is 11.9. The van der Waals surface area contributed by atoms with Gasteiger partial charge in [-0.05, 0) is 65.2 Å². The molecule has 0 aliphatic heterocycles. The molecular weight excluding hydrogens is 332 g/mol. The van der Waals surface area contributed by atoms with Gasteiger partial charge in [0.25, 0.3) is 5.91 Å². The number of aryl methyl sites for hydroxylation is 1. The number of nitrogens with one attached hydrogen (secondary N) is 1. The second-order valence-corrected chi connectivity index (χ2v) is 5.64. The Hall–Kier alpha value is -2.01. The van der Waals surface area contributed by atoms with Gasteiger partial charge in [-0.1, -0.05) is 12.1 Å². The molecule has 0 saturated heterocycles. The maximum Gasteiger partial charge on any atom is 0.262 e. The summed E-state index contributed by atoms with van der Waals surface area (Å²) < 4.78 is 6.33. The molecule has 2 rings (SSSR count). The highest BCUT2D eigenvalue weighted by molar-refractivity contribution is 9.10. The monoisotopic (exact) mass is 348 g/mol. The molecule has 0 fully saturated rings. The molecule has 0 radical (unpaired) electrons. The molecule has 0 aliphatic rings. The van der Waals surface area contributed by atoms with Crippen LogP contribution in [0, 0.1) is 13.8 Å². The fourth-order valence-electron chi connectivity index (χ4n) is 1.84. The third kappa shape index (κ3) is 3.98. The average molecular weight is 349 g/mol. The lowest BCUT2D eigenvalue weighted by atomic mass is 10.1. The molecule has 0 aliphatic carbocycles. The van der Waals surface area contributed by atoms with Crippen molar-refractivity contribution < 1.29 is 9.53 Å². The molecule has 0 bridgehead atoms. The van der Waals surface area contributed by atoms with Crippen molar-refractivity contribution in [3.05, 3.63) is 52.0 Å². The summed E-state index contributed by atoms with van der Waals surface area (Å²) in [6.45, 7) is 3.79. The Morgan fingerprint density at radius 3 is 2.76 bits per heavy atom. The van der Waals surface area contributed by atoms with E-state index in [2.05, 4.69) is 21.2 Å². The van der Waals surface area contributed by atoms with Crippen LogP contribution in [0.5, 0.6) is 5.75 Å². The minimum Gasteiger partial charge on any atom is -0.483 e. The molecule has 3 N–H and O–H groups in total. The molecule has 2 aromatic carbocycles. The summed E-state index contributed by atoms with van der Waals surface area (Å²) in [6, 6.07) is 11.1. The summed E-state index contributed by atoms with van der Waals surface area (Å²) in [5.74, 6) is 0.413. The van der Waals surface area contributed by atoms with Crippen molar-refractivity contribution in [2.45, 2.75) is 13.8 Å². The number of carbonyl (C=O) groups is 1. The zero-order chi connectivity index (χ0) is 15.4. The standard InChI is InChI=1S/C16H17BrN2O2/c1-10-6-7-15(12(17)8-10)21-9-16(20)19-14-5-3-4-13(18)11(14)2/h3-8H,9,18H2,1-2H3,(H,19,20). The number of ether oxygens (including phenoxy) is 1. The second kappa shape index (κ2) is 6.63. The smallest absolute Gasteiger partial charge is 0.262 e. The van der Waals surface area contributed by atoms with Gasteiger partial charge in [0, 0.05) is 11.4 Å². The van der Waals surface area contributed by atoms with Gasteiger partial charge in [-0.3, -0.25) is 4.79 Å². The summed E-state index contributed by atoms with van der Waals surface area (Å²) in [7, 11) is 0. The minimum absolute atomic E-state index is 0.0596. The van der Waals surface area contributed by atoms with Gasteiger partial charge in [-0.25, -0.2) is 0 Å². The Morgan fingerprint density at radius 2 is 2.05 bits per heavy atom. The number of hydrogen-bond donors (Lipinski definition) is 2. The van der Waals surface area contributed by atoms with Crippen molar-refractivity contribution in [2.75, 3.05) is 17.7 Å². The number of nitrogens with two attached hydrogens (primary N) is 1. The first-order valence-corrected chi connectivity index (χ1v) is 7.30. The third-order valence-electron chi connectivity index (χ3n) is 3.10. The molecule has 1 amide bonds. The van der Waals surface area contributed by atoms with Crippen LogP contribution in [-0.4, -0.2) is 12.5 Å². The maximum absolute atomic E-state index is 11.9. The summed E-state index contributed by atoms with van der Waals surface area (Å²) in [5.41, 5.74) is 9.12. The quantitative estimate of drug-likeness (QED) is 0.828. The van der Waals surface area contributed by atoms with Crippen LogP contribution in [0.1, 0.15) is 11.1 Å². The number of halogens is 1. The van der Waals surface area contributed by atoms with Crippen LogP contribution in [0.2, 0.25) is 0 Å². The van der Waals surface area contributed by atoms with Crippen molar-refractivity contribution in [3.63, 3.8) is 0 Å². The lowest BCUT2D eigenvalue weighted by Crippen LogP contribution is -2.21. The van der Waals surface area contributed by atoms with E-state index in [9.17, 15) is 4.79 Å². The molecule has 110 valence electrons. The van der Waals surface area contributed by atoms with E-state index >= 15 is 0 Å². The van der Waals surface area contributed by atoms with Crippen LogP contribution < -0.4 is 15.8 Å². The van der Waals surface area contributed by atoms with Crippen molar-refractivity contribution in [1.29, 1.82) is 0 Å².